The van der Waals surface area contributed by atoms with Crippen molar-refractivity contribution in [3.63, 3.8) is 0 Å². The maximum absolute atomic E-state index is 11.9. The molecule has 0 bridgehead atoms. The van der Waals surface area contributed by atoms with Gasteiger partial charge in [0.2, 0.25) is 0 Å². The first-order chi connectivity index (χ1) is 13.3. The number of carbonyl (C=O) groups is 1. The number of esters is 1. The summed E-state index contributed by atoms with van der Waals surface area (Å²) in [5.74, 6) is 2.05. The summed E-state index contributed by atoms with van der Waals surface area (Å²) in [5.41, 5.74) is 0. The summed E-state index contributed by atoms with van der Waals surface area (Å²) >= 11 is 0. The molecule has 0 amide bonds. The highest BCUT2D eigenvalue weighted by atomic mass is 16.5. The van der Waals surface area contributed by atoms with Crippen molar-refractivity contribution < 1.29 is 9.53 Å². The third kappa shape index (κ3) is 10.5. The van der Waals surface area contributed by atoms with Crippen LogP contribution in [0.4, 0.5) is 0 Å². The Kier molecular flexibility index (Phi) is 12.2. The van der Waals surface area contributed by atoms with E-state index >= 15 is 0 Å². The van der Waals surface area contributed by atoms with E-state index in [1.54, 1.807) is 0 Å². The van der Waals surface area contributed by atoms with Gasteiger partial charge in [-0.2, -0.15) is 0 Å². The molecule has 2 aliphatic rings. The molecule has 2 aliphatic carbocycles. The maximum atomic E-state index is 11.9. The average molecular weight is 379 g/mol. The number of carbonyl (C=O) groups excluding carboxylic acids is 1. The highest BCUT2D eigenvalue weighted by Gasteiger charge is 2.21. The van der Waals surface area contributed by atoms with Crippen molar-refractivity contribution in [2.24, 2.45) is 11.8 Å². The van der Waals surface area contributed by atoms with Crippen LogP contribution in [0.1, 0.15) is 135 Å². The molecular weight excluding hydrogens is 332 g/mol. The van der Waals surface area contributed by atoms with E-state index in [2.05, 4.69) is 6.92 Å². The minimum atomic E-state index is 0.0568. The van der Waals surface area contributed by atoms with Crippen molar-refractivity contribution in [2.75, 3.05) is 0 Å². The zero-order valence-electron chi connectivity index (χ0n) is 18.2. The topological polar surface area (TPSA) is 26.3 Å². The normalized spacial score (nSPS) is 24.0. The molecule has 0 aliphatic heterocycles. The van der Waals surface area contributed by atoms with Crippen LogP contribution >= 0.6 is 0 Å². The molecule has 0 N–H and O–H groups in total. The first-order valence-electron chi connectivity index (χ1n) is 12.5. The SMILES string of the molecule is CCCCCCCC1CCC(CCCCCC(=O)OC2CCCCC2)CC1. The summed E-state index contributed by atoms with van der Waals surface area (Å²) < 4.78 is 5.61. The van der Waals surface area contributed by atoms with Gasteiger partial charge in [-0.25, -0.2) is 0 Å². The van der Waals surface area contributed by atoms with Gasteiger partial charge in [0.25, 0.3) is 0 Å². The number of hydrogen-bond donors (Lipinski definition) is 0. The Morgan fingerprint density at radius 1 is 0.704 bits per heavy atom. The molecule has 0 spiro atoms. The minimum Gasteiger partial charge on any atom is -0.462 e. The molecule has 0 aromatic heterocycles. The van der Waals surface area contributed by atoms with E-state index in [4.69, 9.17) is 4.74 Å². The third-order valence-electron chi connectivity index (χ3n) is 7.03. The highest BCUT2D eigenvalue weighted by Crippen LogP contribution is 2.34. The van der Waals surface area contributed by atoms with Crippen LogP contribution in [0.3, 0.4) is 0 Å². The number of rotatable bonds is 13. The Morgan fingerprint density at radius 2 is 1.26 bits per heavy atom. The first kappa shape index (κ1) is 22.8. The second-order valence-electron chi connectivity index (χ2n) is 9.44. The molecule has 0 saturated heterocycles. The van der Waals surface area contributed by atoms with Gasteiger partial charge < -0.3 is 4.74 Å². The standard InChI is InChI=1S/C25H46O2/c1-2-3-4-5-8-13-22-18-20-23(21-19-22)14-9-6-12-17-25(26)27-24-15-10-7-11-16-24/h22-24H,2-21H2,1H3. The maximum Gasteiger partial charge on any atom is 0.306 e. The fourth-order valence-corrected chi connectivity index (χ4v) is 5.15. The van der Waals surface area contributed by atoms with E-state index in [1.165, 1.54) is 103 Å². The Labute approximate surface area is 169 Å². The minimum absolute atomic E-state index is 0.0568. The van der Waals surface area contributed by atoms with Crippen LogP contribution in [0.15, 0.2) is 0 Å². The van der Waals surface area contributed by atoms with Gasteiger partial charge in [-0.15, -0.1) is 0 Å². The molecule has 158 valence electrons. The van der Waals surface area contributed by atoms with Crippen LogP contribution < -0.4 is 0 Å². The molecular formula is C25H46O2. The van der Waals surface area contributed by atoms with Crippen molar-refractivity contribution in [3.8, 4) is 0 Å². The summed E-state index contributed by atoms with van der Waals surface area (Å²) in [6, 6.07) is 0. The van der Waals surface area contributed by atoms with Gasteiger partial charge in [-0.05, 0) is 43.9 Å². The van der Waals surface area contributed by atoms with E-state index in [0.717, 1.165) is 31.1 Å². The lowest BCUT2D eigenvalue weighted by atomic mass is 9.78. The zero-order chi connectivity index (χ0) is 19.2. The third-order valence-corrected chi connectivity index (χ3v) is 7.03. The molecule has 0 aromatic rings. The fraction of sp³-hybridized carbons (Fsp3) is 0.960. The predicted octanol–water partition coefficient (Wildman–Crippen LogP) is 7.98. The number of hydrogen-bond acceptors (Lipinski definition) is 2. The second-order valence-corrected chi connectivity index (χ2v) is 9.44. The Morgan fingerprint density at radius 3 is 1.85 bits per heavy atom. The summed E-state index contributed by atoms with van der Waals surface area (Å²) in [7, 11) is 0. The lowest BCUT2D eigenvalue weighted by Gasteiger charge is -2.28. The molecule has 0 atom stereocenters. The summed E-state index contributed by atoms with van der Waals surface area (Å²) in [5, 5.41) is 0. The first-order valence-corrected chi connectivity index (χ1v) is 12.5. The number of ether oxygens (including phenoxy) is 1. The smallest absolute Gasteiger partial charge is 0.306 e. The van der Waals surface area contributed by atoms with Crippen LogP contribution in [0.5, 0.6) is 0 Å². The Balaban J connectivity index is 1.40. The van der Waals surface area contributed by atoms with Crippen molar-refractivity contribution in [2.45, 2.75) is 141 Å². The van der Waals surface area contributed by atoms with Crippen molar-refractivity contribution >= 4 is 5.97 Å². The van der Waals surface area contributed by atoms with E-state index < -0.39 is 0 Å². The highest BCUT2D eigenvalue weighted by molar-refractivity contribution is 5.69. The lowest BCUT2D eigenvalue weighted by Crippen LogP contribution is -2.20. The van der Waals surface area contributed by atoms with Crippen LogP contribution in [-0.4, -0.2) is 12.1 Å². The molecule has 2 fully saturated rings. The van der Waals surface area contributed by atoms with Gasteiger partial charge in [-0.3, -0.25) is 4.79 Å². The van der Waals surface area contributed by atoms with E-state index in [9.17, 15) is 4.79 Å². The summed E-state index contributed by atoms with van der Waals surface area (Å²) in [4.78, 5) is 11.9. The fourth-order valence-electron chi connectivity index (χ4n) is 5.15. The van der Waals surface area contributed by atoms with Gasteiger partial charge in [0.15, 0.2) is 0 Å². The van der Waals surface area contributed by atoms with Gasteiger partial charge in [0.1, 0.15) is 6.10 Å². The quantitative estimate of drug-likeness (QED) is 0.240. The lowest BCUT2D eigenvalue weighted by molar-refractivity contribution is -0.150. The zero-order valence-corrected chi connectivity index (χ0v) is 18.2. The molecule has 0 unspecified atom stereocenters. The molecule has 2 saturated carbocycles. The van der Waals surface area contributed by atoms with Crippen molar-refractivity contribution in [1.29, 1.82) is 0 Å². The molecule has 0 aromatic carbocycles. The van der Waals surface area contributed by atoms with E-state index in [1.807, 2.05) is 0 Å². The molecule has 2 nitrogen and oxygen atoms in total. The van der Waals surface area contributed by atoms with Gasteiger partial charge in [-0.1, -0.05) is 96.8 Å². The van der Waals surface area contributed by atoms with Crippen LogP contribution in [0.25, 0.3) is 0 Å². The largest absolute Gasteiger partial charge is 0.462 e. The van der Waals surface area contributed by atoms with E-state index in [0.29, 0.717) is 6.42 Å². The molecule has 27 heavy (non-hydrogen) atoms. The van der Waals surface area contributed by atoms with Crippen LogP contribution in [0.2, 0.25) is 0 Å². The monoisotopic (exact) mass is 378 g/mol. The average Bonchev–Trinajstić information content (AvgIpc) is 2.69. The predicted molar refractivity (Wildman–Crippen MR) is 115 cm³/mol. The van der Waals surface area contributed by atoms with Gasteiger partial charge in [0, 0.05) is 6.42 Å². The van der Waals surface area contributed by atoms with Gasteiger partial charge in [0.05, 0.1) is 0 Å². The summed E-state index contributed by atoms with van der Waals surface area (Å²) in [6.07, 6.45) is 26.3. The molecule has 2 rings (SSSR count). The Hall–Kier alpha value is -0.530. The van der Waals surface area contributed by atoms with Crippen molar-refractivity contribution in [1.82, 2.24) is 0 Å². The molecule has 0 radical (unpaired) electrons. The van der Waals surface area contributed by atoms with Crippen LogP contribution in [-0.2, 0) is 9.53 Å². The molecule has 0 heterocycles. The molecule has 2 heteroatoms. The second kappa shape index (κ2) is 14.5. The van der Waals surface area contributed by atoms with Crippen LogP contribution in [0, 0.1) is 11.8 Å². The van der Waals surface area contributed by atoms with Crippen molar-refractivity contribution in [3.05, 3.63) is 0 Å². The van der Waals surface area contributed by atoms with E-state index in [-0.39, 0.29) is 12.1 Å². The van der Waals surface area contributed by atoms with Gasteiger partial charge >= 0.3 is 5.97 Å². The number of unbranched alkanes of at least 4 members (excludes halogenated alkanes) is 6. The Bertz CT molecular complexity index is 365. The summed E-state index contributed by atoms with van der Waals surface area (Å²) in [6.45, 7) is 2.30.